The fraction of sp³-hybridized carbons (Fsp3) is 1.00. The lowest BCUT2D eigenvalue weighted by molar-refractivity contribution is 0.474. The van der Waals surface area contributed by atoms with E-state index in [2.05, 4.69) is 64.5 Å². The van der Waals surface area contributed by atoms with Crippen molar-refractivity contribution in [3.8, 4) is 0 Å². The van der Waals surface area contributed by atoms with Crippen LogP contribution in [0, 0.1) is 11.8 Å². The Morgan fingerprint density at radius 1 is 0.762 bits per heavy atom. The van der Waals surface area contributed by atoms with E-state index in [-0.39, 0.29) is 0 Å². The van der Waals surface area contributed by atoms with Crippen LogP contribution < -0.4 is 10.6 Å². The molecule has 0 radical (unpaired) electrons. The van der Waals surface area contributed by atoms with Crippen molar-refractivity contribution >= 4 is 16.6 Å². The van der Waals surface area contributed by atoms with E-state index in [1.807, 2.05) is 0 Å². The molecule has 0 heterocycles. The largest absolute Gasteiger partial charge is 0.455 e. The van der Waals surface area contributed by atoms with Crippen molar-refractivity contribution in [2.75, 3.05) is 26.2 Å². The highest BCUT2D eigenvalue weighted by molar-refractivity contribution is 6.84. The summed E-state index contributed by atoms with van der Waals surface area (Å²) >= 11 is 0. The van der Waals surface area contributed by atoms with Gasteiger partial charge in [-0.15, -0.1) is 0 Å². The first-order valence-electron chi connectivity index (χ1n) is 8.73. The summed E-state index contributed by atoms with van der Waals surface area (Å²) in [6.45, 7) is 23.0. The third-order valence-corrected chi connectivity index (χ3v) is 11.5. The minimum atomic E-state index is -1.55. The molecule has 2 unspecified atom stereocenters. The molecular weight excluding hydrogens is 292 g/mol. The molecule has 2 atom stereocenters. The van der Waals surface area contributed by atoms with E-state index in [1.54, 1.807) is 0 Å². The van der Waals surface area contributed by atoms with Crippen molar-refractivity contribution < 1.29 is 4.12 Å². The molecule has 2 N–H and O–H groups in total. The standard InChI is InChI=1S/C16H40N2OSi2/c1-9-17-11-15(3)13-20(5,6)19-21(7,8)14-16(4)12-18-10-2/h15-18H,9-14H2,1-8H3. The maximum Gasteiger partial charge on any atom is 0.173 e. The van der Waals surface area contributed by atoms with Crippen LogP contribution in [0.25, 0.3) is 0 Å². The summed E-state index contributed by atoms with van der Waals surface area (Å²) in [5.41, 5.74) is 0. The van der Waals surface area contributed by atoms with Gasteiger partial charge in [0.2, 0.25) is 0 Å². The topological polar surface area (TPSA) is 33.3 Å². The Hall–Kier alpha value is 0.314. The molecule has 0 fully saturated rings. The van der Waals surface area contributed by atoms with Crippen molar-refractivity contribution in [3.05, 3.63) is 0 Å². The maximum absolute atomic E-state index is 6.75. The Morgan fingerprint density at radius 3 is 1.38 bits per heavy atom. The lowest BCUT2D eigenvalue weighted by atomic mass is 10.2. The van der Waals surface area contributed by atoms with Crippen molar-refractivity contribution in [1.29, 1.82) is 0 Å². The van der Waals surface area contributed by atoms with Crippen molar-refractivity contribution in [2.45, 2.75) is 66.0 Å². The van der Waals surface area contributed by atoms with Gasteiger partial charge in [-0.1, -0.05) is 27.7 Å². The van der Waals surface area contributed by atoms with Crippen molar-refractivity contribution in [1.82, 2.24) is 10.6 Å². The van der Waals surface area contributed by atoms with Crippen molar-refractivity contribution in [3.63, 3.8) is 0 Å². The Morgan fingerprint density at radius 2 is 1.10 bits per heavy atom. The molecule has 0 saturated heterocycles. The molecule has 0 aliphatic rings. The molecule has 0 aliphatic carbocycles. The lowest BCUT2D eigenvalue weighted by Gasteiger charge is -2.37. The van der Waals surface area contributed by atoms with Gasteiger partial charge in [-0.05, 0) is 76.3 Å². The van der Waals surface area contributed by atoms with E-state index in [0.29, 0.717) is 0 Å². The van der Waals surface area contributed by atoms with Crippen LogP contribution in [0.1, 0.15) is 27.7 Å². The molecule has 0 spiro atoms. The predicted octanol–water partition coefficient (Wildman–Crippen LogP) is 3.90. The van der Waals surface area contributed by atoms with Crippen molar-refractivity contribution in [2.24, 2.45) is 11.8 Å². The summed E-state index contributed by atoms with van der Waals surface area (Å²) in [5, 5.41) is 6.92. The highest BCUT2D eigenvalue weighted by atomic mass is 28.4. The Balaban J connectivity index is 4.32. The Bertz CT molecular complexity index is 247. The second kappa shape index (κ2) is 10.2. The molecule has 0 rings (SSSR count). The molecule has 5 heteroatoms. The quantitative estimate of drug-likeness (QED) is 0.532. The lowest BCUT2D eigenvalue weighted by Crippen LogP contribution is -2.47. The van der Waals surface area contributed by atoms with E-state index in [1.165, 1.54) is 12.1 Å². The molecule has 128 valence electrons. The first-order chi connectivity index (χ1) is 9.62. The van der Waals surface area contributed by atoms with Gasteiger partial charge in [0.25, 0.3) is 0 Å². The second-order valence-corrected chi connectivity index (χ2v) is 16.5. The minimum Gasteiger partial charge on any atom is -0.455 e. The van der Waals surface area contributed by atoms with E-state index in [0.717, 1.165) is 38.0 Å². The van der Waals surface area contributed by atoms with Gasteiger partial charge in [0, 0.05) is 0 Å². The van der Waals surface area contributed by atoms with Gasteiger partial charge in [-0.25, -0.2) is 0 Å². The third kappa shape index (κ3) is 11.5. The Labute approximate surface area is 135 Å². The zero-order chi connectivity index (χ0) is 16.5. The second-order valence-electron chi connectivity index (χ2n) is 7.86. The molecule has 21 heavy (non-hydrogen) atoms. The van der Waals surface area contributed by atoms with Gasteiger partial charge in [-0.2, -0.15) is 0 Å². The van der Waals surface area contributed by atoms with Crippen LogP contribution in [-0.2, 0) is 4.12 Å². The number of nitrogens with one attached hydrogen (secondary N) is 2. The minimum absolute atomic E-state index is 0.718. The number of rotatable bonds is 12. The molecule has 0 bridgehead atoms. The van der Waals surface area contributed by atoms with Gasteiger partial charge < -0.3 is 14.7 Å². The van der Waals surface area contributed by atoms with E-state index in [4.69, 9.17) is 4.12 Å². The molecule has 0 aliphatic heterocycles. The highest BCUT2D eigenvalue weighted by Crippen LogP contribution is 2.26. The first kappa shape index (κ1) is 21.3. The summed E-state index contributed by atoms with van der Waals surface area (Å²) < 4.78 is 6.75. The van der Waals surface area contributed by atoms with Gasteiger partial charge in [0.1, 0.15) is 0 Å². The molecule has 0 aromatic carbocycles. The number of hydrogen-bond acceptors (Lipinski definition) is 3. The molecule has 3 nitrogen and oxygen atoms in total. The van der Waals surface area contributed by atoms with Gasteiger partial charge in [0.05, 0.1) is 0 Å². The molecule has 0 saturated carbocycles. The summed E-state index contributed by atoms with van der Waals surface area (Å²) in [5.74, 6) is 1.44. The average molecular weight is 333 g/mol. The normalized spacial score (nSPS) is 16.0. The maximum atomic E-state index is 6.75. The smallest absolute Gasteiger partial charge is 0.173 e. The van der Waals surface area contributed by atoms with E-state index in [9.17, 15) is 0 Å². The van der Waals surface area contributed by atoms with Crippen LogP contribution in [0.3, 0.4) is 0 Å². The molecule has 0 amide bonds. The van der Waals surface area contributed by atoms with Gasteiger partial charge in [0.15, 0.2) is 16.6 Å². The first-order valence-corrected chi connectivity index (χ1v) is 15.0. The summed E-state index contributed by atoms with van der Waals surface area (Å²) in [6, 6.07) is 2.52. The fourth-order valence-corrected chi connectivity index (χ4v) is 13.7. The van der Waals surface area contributed by atoms with Crippen LogP contribution in [0.5, 0.6) is 0 Å². The summed E-state index contributed by atoms with van der Waals surface area (Å²) in [4.78, 5) is 0. The number of hydrogen-bond donors (Lipinski definition) is 2. The van der Waals surface area contributed by atoms with E-state index >= 15 is 0 Å². The highest BCUT2D eigenvalue weighted by Gasteiger charge is 2.34. The van der Waals surface area contributed by atoms with Gasteiger partial charge >= 0.3 is 0 Å². The molecular formula is C16H40N2OSi2. The van der Waals surface area contributed by atoms with Crippen LogP contribution >= 0.6 is 0 Å². The molecule has 0 aromatic heterocycles. The monoisotopic (exact) mass is 332 g/mol. The molecule has 0 aromatic rings. The van der Waals surface area contributed by atoms with Crippen LogP contribution in [0.2, 0.25) is 38.3 Å². The van der Waals surface area contributed by atoms with Crippen LogP contribution in [0.15, 0.2) is 0 Å². The van der Waals surface area contributed by atoms with Crippen LogP contribution in [-0.4, -0.2) is 42.8 Å². The SMILES string of the molecule is CCNCC(C)C[Si](C)(C)O[Si](C)(C)CC(C)CNCC. The van der Waals surface area contributed by atoms with Crippen LogP contribution in [0.4, 0.5) is 0 Å². The predicted molar refractivity (Wildman–Crippen MR) is 101 cm³/mol. The zero-order valence-electron chi connectivity index (χ0n) is 15.8. The summed E-state index contributed by atoms with van der Waals surface area (Å²) in [7, 11) is -3.10. The third-order valence-electron chi connectivity index (χ3n) is 3.72. The van der Waals surface area contributed by atoms with Gasteiger partial charge in [-0.3, -0.25) is 0 Å². The summed E-state index contributed by atoms with van der Waals surface area (Å²) in [6.07, 6.45) is 0. The average Bonchev–Trinajstić information content (AvgIpc) is 2.30. The van der Waals surface area contributed by atoms with E-state index < -0.39 is 16.6 Å². The Kier molecular flexibility index (Phi) is 10.3. The zero-order valence-corrected chi connectivity index (χ0v) is 17.8. The fourth-order valence-electron chi connectivity index (χ4n) is 3.44.